The molecule has 2 heterocycles. The molecule has 27 heavy (non-hydrogen) atoms. The highest BCUT2D eigenvalue weighted by Crippen LogP contribution is 2.37. The van der Waals surface area contributed by atoms with Crippen LogP contribution >= 0.6 is 11.3 Å². The second-order valence-corrected chi connectivity index (χ2v) is 8.53. The number of aryl methyl sites for hydroxylation is 1. The molecule has 134 valence electrons. The van der Waals surface area contributed by atoms with Gasteiger partial charge >= 0.3 is 0 Å². The highest BCUT2D eigenvalue weighted by atomic mass is 32.1. The molecule has 2 aromatic heterocycles. The molecule has 0 amide bonds. The van der Waals surface area contributed by atoms with E-state index in [1.54, 1.807) is 0 Å². The zero-order chi connectivity index (χ0) is 18.5. The van der Waals surface area contributed by atoms with Gasteiger partial charge in [0.05, 0.1) is 5.69 Å². The number of pyridine rings is 1. The van der Waals surface area contributed by atoms with Crippen molar-refractivity contribution in [1.29, 1.82) is 0 Å². The fraction of sp³-hybridized carbons (Fsp3) is 0.217. The Hall–Kier alpha value is -2.72. The Morgan fingerprint density at radius 1 is 1.15 bits per heavy atom. The van der Waals surface area contributed by atoms with Gasteiger partial charge in [0.2, 0.25) is 5.78 Å². The summed E-state index contributed by atoms with van der Waals surface area (Å²) in [4.78, 5) is 19.5. The van der Waals surface area contributed by atoms with E-state index in [1.165, 1.54) is 29.0 Å². The lowest BCUT2D eigenvalue weighted by Crippen LogP contribution is -2.12. The predicted octanol–water partition coefficient (Wildman–Crippen LogP) is 5.39. The maximum Gasteiger partial charge on any atom is 0.205 e. The van der Waals surface area contributed by atoms with Crippen LogP contribution in [0.25, 0.3) is 21.0 Å². The Labute approximate surface area is 161 Å². The van der Waals surface area contributed by atoms with Gasteiger partial charge in [0.15, 0.2) is 0 Å². The maximum atomic E-state index is 13.2. The van der Waals surface area contributed by atoms with Gasteiger partial charge in [-0.15, -0.1) is 11.3 Å². The molecular weight excluding hydrogens is 352 g/mol. The molecule has 1 unspecified atom stereocenters. The summed E-state index contributed by atoms with van der Waals surface area (Å²) in [7, 11) is 0. The van der Waals surface area contributed by atoms with E-state index < -0.39 is 0 Å². The normalized spacial score (nSPS) is 16.6. The molecule has 0 fully saturated rings. The first-order valence-electron chi connectivity index (χ1n) is 9.34. The third-order valence-electron chi connectivity index (χ3n) is 5.55. The van der Waals surface area contributed by atoms with E-state index >= 15 is 0 Å². The molecule has 0 aliphatic heterocycles. The number of carbonyl (C=O) groups excluding carboxylic acids is 1. The molecule has 5 rings (SSSR count). The van der Waals surface area contributed by atoms with Gasteiger partial charge in [-0.3, -0.25) is 4.79 Å². The van der Waals surface area contributed by atoms with Crippen molar-refractivity contribution in [1.82, 2.24) is 4.98 Å². The first kappa shape index (κ1) is 16.5. The van der Waals surface area contributed by atoms with Crippen molar-refractivity contribution in [2.24, 2.45) is 5.92 Å². The molecule has 2 aromatic carbocycles. The minimum atomic E-state index is -0.0207. The first-order valence-corrected chi connectivity index (χ1v) is 10.2. The summed E-state index contributed by atoms with van der Waals surface area (Å²) in [6.07, 6.45) is 3.23. The van der Waals surface area contributed by atoms with Crippen molar-refractivity contribution < 1.29 is 4.79 Å². The average Bonchev–Trinajstić information content (AvgIpc) is 3.01. The lowest BCUT2D eigenvalue weighted by Gasteiger charge is -2.20. The van der Waals surface area contributed by atoms with Gasteiger partial charge in [0.1, 0.15) is 9.71 Å². The molecule has 0 spiro atoms. The summed E-state index contributed by atoms with van der Waals surface area (Å²) in [5.74, 6) is 0.655. The zero-order valence-electron chi connectivity index (χ0n) is 15.2. The topological polar surface area (TPSA) is 56.0 Å². The largest absolute Gasteiger partial charge is 0.397 e. The van der Waals surface area contributed by atoms with E-state index in [0.717, 1.165) is 33.8 Å². The molecule has 1 atom stereocenters. The van der Waals surface area contributed by atoms with Crippen molar-refractivity contribution in [2.75, 3.05) is 5.73 Å². The number of nitrogen functional groups attached to an aromatic ring is 1. The van der Waals surface area contributed by atoms with E-state index in [4.69, 9.17) is 10.7 Å². The molecule has 0 radical (unpaired) electrons. The second-order valence-electron chi connectivity index (χ2n) is 7.53. The van der Waals surface area contributed by atoms with Crippen LogP contribution in [-0.4, -0.2) is 10.8 Å². The van der Waals surface area contributed by atoms with Crippen LogP contribution in [-0.2, 0) is 12.8 Å². The Morgan fingerprint density at radius 3 is 2.81 bits per heavy atom. The number of rotatable bonds is 2. The Bertz CT molecular complexity index is 1210. The van der Waals surface area contributed by atoms with Crippen LogP contribution in [0.2, 0.25) is 0 Å². The highest BCUT2D eigenvalue weighted by Gasteiger charge is 2.23. The molecule has 0 bridgehead atoms. The first-order chi connectivity index (χ1) is 13.1. The van der Waals surface area contributed by atoms with Gasteiger partial charge in [0, 0.05) is 16.6 Å². The van der Waals surface area contributed by atoms with Crippen LogP contribution in [0.1, 0.15) is 39.8 Å². The molecule has 2 N–H and O–H groups in total. The number of hydrogen-bond donors (Lipinski definition) is 1. The van der Waals surface area contributed by atoms with Crippen LogP contribution < -0.4 is 5.73 Å². The molecule has 4 heteroatoms. The molecule has 1 aliphatic rings. The molecule has 4 aromatic rings. The number of aromatic nitrogens is 1. The number of hydrogen-bond acceptors (Lipinski definition) is 4. The van der Waals surface area contributed by atoms with Crippen LogP contribution in [0.4, 0.5) is 5.69 Å². The third kappa shape index (κ3) is 2.72. The monoisotopic (exact) mass is 372 g/mol. The maximum absolute atomic E-state index is 13.2. The van der Waals surface area contributed by atoms with Gasteiger partial charge in [-0.05, 0) is 53.6 Å². The van der Waals surface area contributed by atoms with E-state index in [2.05, 4.69) is 13.0 Å². The standard InChI is InChI=1S/C23H20N2OS/c1-13-6-9-19-17(10-13)12-18-20(24)22(27-23(18)25-19)21(26)16-8-7-14-4-2-3-5-15(14)11-16/h2-5,7-8,11-13H,6,9-10,24H2,1H3. The summed E-state index contributed by atoms with van der Waals surface area (Å²) >= 11 is 1.42. The SMILES string of the molecule is CC1CCc2nc3sc(C(=O)c4ccc5ccccc5c4)c(N)c3cc2C1. The van der Waals surface area contributed by atoms with Gasteiger partial charge < -0.3 is 5.73 Å². The minimum absolute atomic E-state index is 0.0207. The molecular formula is C23H20N2OS. The van der Waals surface area contributed by atoms with E-state index in [1.807, 2.05) is 42.5 Å². The third-order valence-corrected chi connectivity index (χ3v) is 6.66. The summed E-state index contributed by atoms with van der Waals surface area (Å²) in [6, 6.07) is 16.0. The number of benzene rings is 2. The number of anilines is 1. The van der Waals surface area contributed by atoms with Crippen molar-refractivity contribution in [3.63, 3.8) is 0 Å². The molecule has 0 saturated carbocycles. The summed E-state index contributed by atoms with van der Waals surface area (Å²) in [6.45, 7) is 2.28. The summed E-state index contributed by atoms with van der Waals surface area (Å²) in [5.41, 5.74) is 10.1. The van der Waals surface area contributed by atoms with Crippen LogP contribution in [0.5, 0.6) is 0 Å². The lowest BCUT2D eigenvalue weighted by molar-refractivity contribution is 0.104. The van der Waals surface area contributed by atoms with E-state index in [-0.39, 0.29) is 5.78 Å². The molecule has 3 nitrogen and oxygen atoms in total. The van der Waals surface area contributed by atoms with Crippen molar-refractivity contribution in [3.05, 3.63) is 70.2 Å². The fourth-order valence-electron chi connectivity index (χ4n) is 4.00. The minimum Gasteiger partial charge on any atom is -0.397 e. The Morgan fingerprint density at radius 2 is 1.96 bits per heavy atom. The number of nitrogens with zero attached hydrogens (tertiary/aromatic N) is 1. The fourth-order valence-corrected chi connectivity index (χ4v) is 5.06. The van der Waals surface area contributed by atoms with Crippen molar-refractivity contribution in [3.8, 4) is 0 Å². The van der Waals surface area contributed by atoms with Gasteiger partial charge in [-0.1, -0.05) is 43.3 Å². The van der Waals surface area contributed by atoms with Crippen molar-refractivity contribution in [2.45, 2.75) is 26.2 Å². The van der Waals surface area contributed by atoms with Gasteiger partial charge in [0.25, 0.3) is 0 Å². The number of ketones is 1. The number of thiophene rings is 1. The van der Waals surface area contributed by atoms with Crippen LogP contribution in [0.3, 0.4) is 0 Å². The number of carbonyl (C=O) groups is 1. The predicted molar refractivity (Wildman–Crippen MR) is 113 cm³/mol. The molecule has 0 saturated heterocycles. The van der Waals surface area contributed by atoms with E-state index in [0.29, 0.717) is 22.0 Å². The van der Waals surface area contributed by atoms with Gasteiger partial charge in [-0.2, -0.15) is 0 Å². The quantitative estimate of drug-likeness (QED) is 0.480. The summed E-state index contributed by atoms with van der Waals surface area (Å²) in [5, 5.41) is 3.12. The van der Waals surface area contributed by atoms with Crippen LogP contribution in [0, 0.1) is 5.92 Å². The van der Waals surface area contributed by atoms with Gasteiger partial charge in [-0.25, -0.2) is 4.98 Å². The Kier molecular flexibility index (Phi) is 3.76. The highest BCUT2D eigenvalue weighted by molar-refractivity contribution is 7.21. The lowest BCUT2D eigenvalue weighted by atomic mass is 9.87. The van der Waals surface area contributed by atoms with E-state index in [9.17, 15) is 4.79 Å². The number of nitrogens with two attached hydrogens (primary N) is 1. The smallest absolute Gasteiger partial charge is 0.205 e. The van der Waals surface area contributed by atoms with Crippen molar-refractivity contribution >= 4 is 43.8 Å². The molecule has 1 aliphatic carbocycles. The summed E-state index contributed by atoms with van der Waals surface area (Å²) < 4.78 is 0. The average molecular weight is 372 g/mol. The zero-order valence-corrected chi connectivity index (χ0v) is 16.0. The number of fused-ring (bicyclic) bond motifs is 3. The van der Waals surface area contributed by atoms with Crippen LogP contribution in [0.15, 0.2) is 48.5 Å². The second kappa shape index (κ2) is 6.17. The Balaban J connectivity index is 1.61.